The highest BCUT2D eigenvalue weighted by Crippen LogP contribution is 2.40. The average molecular weight is 434 g/mol. The van der Waals surface area contributed by atoms with Gasteiger partial charge in [0.05, 0.1) is 38.3 Å². The summed E-state index contributed by atoms with van der Waals surface area (Å²) in [6, 6.07) is 5.92. The maximum atomic E-state index is 12.6. The van der Waals surface area contributed by atoms with Crippen molar-refractivity contribution in [2.45, 2.75) is 13.3 Å². The topological polar surface area (TPSA) is 107 Å². The molecule has 0 spiro atoms. The lowest BCUT2D eigenvalue weighted by Crippen LogP contribution is -2.20. The minimum absolute atomic E-state index is 0.118. The molecular weight excluding hydrogens is 414 g/mol. The Hall–Kier alpha value is -3.39. The first-order valence-corrected chi connectivity index (χ1v) is 9.21. The predicted molar refractivity (Wildman–Crippen MR) is 112 cm³/mol. The summed E-state index contributed by atoms with van der Waals surface area (Å²) in [6.07, 6.45) is -0.223. The Morgan fingerprint density at radius 1 is 1.10 bits per heavy atom. The second-order valence-electron chi connectivity index (χ2n) is 6.43. The standard InChI is InChI=1S/C21H20ClNO7/c1-10-12-7-14(22)15(24)9-16(12)30-21(26)13(10)8-19(25)23-11-5-17(27-2)20(29-4)18(6-11)28-3/h5-7,9,24H,8H2,1-4H3,(H,23,25). The first-order chi connectivity index (χ1) is 14.3. The van der Waals surface area contributed by atoms with Crippen molar-refractivity contribution < 1.29 is 28.5 Å². The van der Waals surface area contributed by atoms with Crippen LogP contribution in [0.25, 0.3) is 11.0 Å². The number of aromatic hydroxyl groups is 1. The highest BCUT2D eigenvalue weighted by molar-refractivity contribution is 6.32. The van der Waals surface area contributed by atoms with Crippen molar-refractivity contribution in [3.63, 3.8) is 0 Å². The van der Waals surface area contributed by atoms with Crippen LogP contribution < -0.4 is 25.2 Å². The molecule has 0 saturated carbocycles. The third-order valence-corrected chi connectivity index (χ3v) is 4.94. The number of aryl methyl sites for hydroxylation is 1. The van der Waals surface area contributed by atoms with E-state index in [-0.39, 0.29) is 28.3 Å². The summed E-state index contributed by atoms with van der Waals surface area (Å²) in [4.78, 5) is 25.0. The van der Waals surface area contributed by atoms with E-state index in [0.717, 1.165) is 0 Å². The van der Waals surface area contributed by atoms with E-state index in [1.807, 2.05) is 0 Å². The summed E-state index contributed by atoms with van der Waals surface area (Å²) >= 11 is 5.96. The molecule has 0 fully saturated rings. The zero-order valence-corrected chi connectivity index (χ0v) is 17.5. The molecule has 3 aromatic rings. The van der Waals surface area contributed by atoms with Gasteiger partial charge in [-0.05, 0) is 18.6 Å². The van der Waals surface area contributed by atoms with Gasteiger partial charge in [0.25, 0.3) is 0 Å². The van der Waals surface area contributed by atoms with Crippen LogP contribution in [0.3, 0.4) is 0 Å². The lowest BCUT2D eigenvalue weighted by atomic mass is 10.0. The van der Waals surface area contributed by atoms with Crippen molar-refractivity contribution in [1.82, 2.24) is 0 Å². The summed E-state index contributed by atoms with van der Waals surface area (Å²) < 4.78 is 21.1. The van der Waals surface area contributed by atoms with Gasteiger partial charge in [0.15, 0.2) is 11.5 Å². The summed E-state index contributed by atoms with van der Waals surface area (Å²) in [6.45, 7) is 1.69. The molecule has 0 saturated heterocycles. The lowest BCUT2D eigenvalue weighted by molar-refractivity contribution is -0.115. The molecule has 2 N–H and O–H groups in total. The largest absolute Gasteiger partial charge is 0.506 e. The molecule has 1 amide bonds. The predicted octanol–water partition coefficient (Wildman–Crippen LogP) is 3.67. The number of amides is 1. The smallest absolute Gasteiger partial charge is 0.340 e. The minimum Gasteiger partial charge on any atom is -0.506 e. The molecule has 0 aliphatic rings. The van der Waals surface area contributed by atoms with Crippen LogP contribution in [0.4, 0.5) is 5.69 Å². The van der Waals surface area contributed by atoms with E-state index in [1.165, 1.54) is 33.5 Å². The van der Waals surface area contributed by atoms with E-state index in [4.69, 9.17) is 30.2 Å². The van der Waals surface area contributed by atoms with Crippen molar-refractivity contribution >= 4 is 34.2 Å². The Morgan fingerprint density at radius 2 is 1.73 bits per heavy atom. The lowest BCUT2D eigenvalue weighted by Gasteiger charge is -2.15. The molecule has 0 atom stereocenters. The molecule has 0 aliphatic heterocycles. The van der Waals surface area contributed by atoms with Crippen molar-refractivity contribution in [2.75, 3.05) is 26.6 Å². The highest BCUT2D eigenvalue weighted by Gasteiger charge is 2.18. The Balaban J connectivity index is 1.92. The molecule has 2 aromatic carbocycles. The molecule has 0 aliphatic carbocycles. The van der Waals surface area contributed by atoms with Gasteiger partial charge in [-0.3, -0.25) is 4.79 Å². The Bertz CT molecular complexity index is 1160. The van der Waals surface area contributed by atoms with Crippen LogP contribution in [0.15, 0.2) is 33.5 Å². The minimum atomic E-state index is -0.665. The molecule has 158 valence electrons. The van der Waals surface area contributed by atoms with Gasteiger partial charge in [0.1, 0.15) is 11.3 Å². The van der Waals surface area contributed by atoms with E-state index in [9.17, 15) is 14.7 Å². The van der Waals surface area contributed by atoms with Crippen LogP contribution in [0.1, 0.15) is 11.1 Å². The molecule has 0 bridgehead atoms. The number of halogens is 1. The maximum Gasteiger partial charge on any atom is 0.340 e. The van der Waals surface area contributed by atoms with E-state index in [2.05, 4.69) is 5.32 Å². The number of nitrogens with one attached hydrogen (secondary N) is 1. The second kappa shape index (κ2) is 8.54. The summed E-state index contributed by atoms with van der Waals surface area (Å²) in [5.41, 5.74) is 0.664. The van der Waals surface area contributed by atoms with Crippen molar-refractivity contribution in [3.8, 4) is 23.0 Å². The number of ether oxygens (including phenoxy) is 3. The fraction of sp³-hybridized carbons (Fsp3) is 0.238. The summed E-state index contributed by atoms with van der Waals surface area (Å²) in [7, 11) is 4.41. The van der Waals surface area contributed by atoms with Crippen molar-refractivity contribution in [2.24, 2.45) is 0 Å². The molecule has 0 radical (unpaired) electrons. The number of hydrogen-bond donors (Lipinski definition) is 2. The van der Waals surface area contributed by atoms with Crippen LogP contribution in [0.5, 0.6) is 23.0 Å². The molecule has 1 heterocycles. The third-order valence-electron chi connectivity index (χ3n) is 4.64. The Labute approximate surface area is 176 Å². The number of methoxy groups -OCH3 is 3. The van der Waals surface area contributed by atoms with Crippen molar-refractivity contribution in [1.29, 1.82) is 0 Å². The van der Waals surface area contributed by atoms with Gasteiger partial charge in [-0.1, -0.05) is 11.6 Å². The zero-order chi connectivity index (χ0) is 22.0. The number of rotatable bonds is 6. The average Bonchev–Trinajstić information content (AvgIpc) is 2.72. The number of anilines is 1. The Morgan fingerprint density at radius 3 is 2.30 bits per heavy atom. The first-order valence-electron chi connectivity index (χ1n) is 8.83. The van der Waals surface area contributed by atoms with Crippen LogP contribution >= 0.6 is 11.6 Å². The van der Waals surface area contributed by atoms with Gasteiger partial charge in [0.2, 0.25) is 11.7 Å². The molecule has 30 heavy (non-hydrogen) atoms. The van der Waals surface area contributed by atoms with Crippen LogP contribution in [0.2, 0.25) is 5.02 Å². The Kier molecular flexibility index (Phi) is 6.07. The second-order valence-corrected chi connectivity index (χ2v) is 6.84. The molecule has 0 unspecified atom stereocenters. The van der Waals surface area contributed by atoms with E-state index >= 15 is 0 Å². The number of phenols is 1. The number of fused-ring (bicyclic) bond motifs is 1. The number of carbonyl (C=O) groups excluding carboxylic acids is 1. The third kappa shape index (κ3) is 3.99. The van der Waals surface area contributed by atoms with Gasteiger partial charge >= 0.3 is 5.63 Å². The van der Waals surface area contributed by atoms with Gasteiger partial charge < -0.3 is 29.1 Å². The fourth-order valence-electron chi connectivity index (χ4n) is 3.12. The maximum absolute atomic E-state index is 12.6. The molecule has 3 rings (SSSR count). The van der Waals surface area contributed by atoms with E-state index < -0.39 is 11.5 Å². The SMILES string of the molecule is COc1cc(NC(=O)Cc2c(C)c3cc(Cl)c(O)cc3oc2=O)cc(OC)c1OC. The van der Waals surface area contributed by atoms with Crippen LogP contribution in [-0.2, 0) is 11.2 Å². The zero-order valence-electron chi connectivity index (χ0n) is 16.8. The van der Waals surface area contributed by atoms with Gasteiger partial charge in [-0.2, -0.15) is 0 Å². The number of hydrogen-bond acceptors (Lipinski definition) is 7. The van der Waals surface area contributed by atoms with Gasteiger partial charge in [0, 0.05) is 29.3 Å². The first kappa shape index (κ1) is 21.3. The fourth-order valence-corrected chi connectivity index (χ4v) is 3.28. The normalized spacial score (nSPS) is 10.7. The van der Waals surface area contributed by atoms with Crippen LogP contribution in [0, 0.1) is 6.92 Å². The van der Waals surface area contributed by atoms with E-state index in [1.54, 1.807) is 19.1 Å². The van der Waals surface area contributed by atoms with Gasteiger partial charge in [-0.15, -0.1) is 0 Å². The highest BCUT2D eigenvalue weighted by atomic mass is 35.5. The monoisotopic (exact) mass is 433 g/mol. The summed E-state index contributed by atoms with van der Waals surface area (Å²) in [5.74, 6) is 0.513. The molecular formula is C21H20ClNO7. The quantitative estimate of drug-likeness (QED) is 0.571. The molecule has 8 nitrogen and oxygen atoms in total. The number of carbonyl (C=O) groups is 1. The van der Waals surface area contributed by atoms with Gasteiger partial charge in [-0.25, -0.2) is 4.79 Å². The number of benzene rings is 2. The molecule has 1 aromatic heterocycles. The summed E-state index contributed by atoms with van der Waals surface area (Å²) in [5, 5.41) is 13.1. The van der Waals surface area contributed by atoms with Crippen molar-refractivity contribution in [3.05, 3.63) is 50.8 Å². The van der Waals surface area contributed by atoms with E-state index in [0.29, 0.717) is 33.9 Å². The van der Waals surface area contributed by atoms with Crippen LogP contribution in [-0.4, -0.2) is 32.3 Å². The number of phenolic OH excluding ortho intramolecular Hbond substituents is 1. The molecule has 9 heteroatoms.